The van der Waals surface area contributed by atoms with E-state index in [2.05, 4.69) is 16.8 Å². The molecule has 0 spiro atoms. The first-order chi connectivity index (χ1) is 7.09. The number of carbonyl (C=O) groups is 2. The smallest absolute Gasteiger partial charge is 0.250 e. The third-order valence-corrected chi connectivity index (χ3v) is 1.52. The van der Waals surface area contributed by atoms with Gasteiger partial charge in [-0.05, 0) is 6.07 Å². The predicted molar refractivity (Wildman–Crippen MR) is 53.4 cm³/mol. The van der Waals surface area contributed by atoms with Crippen molar-refractivity contribution in [2.24, 2.45) is 11.5 Å². The van der Waals surface area contributed by atoms with Crippen molar-refractivity contribution in [3.05, 3.63) is 29.6 Å². The highest BCUT2D eigenvalue weighted by Crippen LogP contribution is 2.00. The van der Waals surface area contributed by atoms with E-state index in [0.717, 1.165) is 0 Å². The molecule has 0 bridgehead atoms. The van der Waals surface area contributed by atoms with E-state index < -0.39 is 11.8 Å². The van der Waals surface area contributed by atoms with Crippen LogP contribution in [0.4, 0.5) is 0 Å². The van der Waals surface area contributed by atoms with E-state index in [1.54, 1.807) is 0 Å². The minimum atomic E-state index is -0.568. The molecule has 0 fully saturated rings. The molecule has 1 aromatic rings. The molecule has 1 aromatic heterocycles. The zero-order valence-corrected chi connectivity index (χ0v) is 7.86. The van der Waals surface area contributed by atoms with Crippen LogP contribution in [0.3, 0.4) is 0 Å². The zero-order valence-electron chi connectivity index (χ0n) is 7.86. The topological polar surface area (TPSA) is 99.1 Å². The van der Waals surface area contributed by atoms with Crippen molar-refractivity contribution in [1.29, 1.82) is 0 Å². The van der Waals surface area contributed by atoms with Crippen molar-refractivity contribution in [3.8, 4) is 11.8 Å². The third kappa shape index (κ3) is 3.48. The lowest BCUT2D eigenvalue weighted by molar-refractivity contribution is -0.117. The summed E-state index contributed by atoms with van der Waals surface area (Å²) in [5, 5.41) is 0. The summed E-state index contributed by atoms with van der Waals surface area (Å²) in [4.78, 5) is 25.0. The van der Waals surface area contributed by atoms with E-state index in [1.165, 1.54) is 18.5 Å². The highest BCUT2D eigenvalue weighted by atomic mass is 16.1. The number of amides is 2. The van der Waals surface area contributed by atoms with Crippen LogP contribution in [0.1, 0.15) is 22.3 Å². The molecule has 5 heteroatoms. The van der Waals surface area contributed by atoms with Gasteiger partial charge in [-0.25, -0.2) is 0 Å². The Labute approximate surface area is 86.5 Å². The quantitative estimate of drug-likeness (QED) is 0.628. The van der Waals surface area contributed by atoms with Crippen molar-refractivity contribution in [2.45, 2.75) is 6.42 Å². The molecular formula is C10H9N3O2. The number of nitrogens with two attached hydrogens (primary N) is 2. The summed E-state index contributed by atoms with van der Waals surface area (Å²) in [7, 11) is 0. The SMILES string of the molecule is NC(=O)CC#Cc1cncc(C(N)=O)c1. The molecule has 0 aromatic carbocycles. The van der Waals surface area contributed by atoms with Crippen molar-refractivity contribution < 1.29 is 9.59 Å². The number of rotatable bonds is 2. The van der Waals surface area contributed by atoms with E-state index in [0.29, 0.717) is 5.56 Å². The minimum Gasteiger partial charge on any atom is -0.369 e. The molecule has 15 heavy (non-hydrogen) atoms. The van der Waals surface area contributed by atoms with Crippen LogP contribution in [0, 0.1) is 11.8 Å². The fourth-order valence-electron chi connectivity index (χ4n) is 0.876. The Bertz CT molecular complexity index is 457. The Morgan fingerprint density at radius 2 is 2.07 bits per heavy atom. The second kappa shape index (κ2) is 4.77. The van der Waals surface area contributed by atoms with Crippen LogP contribution in [0.2, 0.25) is 0 Å². The van der Waals surface area contributed by atoms with Crippen LogP contribution < -0.4 is 11.5 Å². The van der Waals surface area contributed by atoms with Gasteiger partial charge in [-0.1, -0.05) is 11.8 Å². The average Bonchev–Trinajstić information content (AvgIpc) is 2.17. The van der Waals surface area contributed by atoms with Gasteiger partial charge in [-0.15, -0.1) is 0 Å². The molecular weight excluding hydrogens is 194 g/mol. The second-order valence-corrected chi connectivity index (χ2v) is 2.77. The number of hydrogen-bond acceptors (Lipinski definition) is 3. The minimum absolute atomic E-state index is 0.0270. The monoisotopic (exact) mass is 203 g/mol. The lowest BCUT2D eigenvalue weighted by Gasteiger charge is -1.94. The van der Waals surface area contributed by atoms with E-state index in [-0.39, 0.29) is 12.0 Å². The molecule has 2 amide bonds. The number of aromatic nitrogens is 1. The van der Waals surface area contributed by atoms with E-state index in [4.69, 9.17) is 11.5 Å². The first-order valence-corrected chi connectivity index (χ1v) is 4.11. The van der Waals surface area contributed by atoms with E-state index in [1.807, 2.05) is 0 Å². The summed E-state index contributed by atoms with van der Waals surface area (Å²) in [6, 6.07) is 1.50. The molecule has 1 rings (SSSR count). The molecule has 0 radical (unpaired) electrons. The summed E-state index contributed by atoms with van der Waals surface area (Å²) in [6.07, 6.45) is 2.79. The lowest BCUT2D eigenvalue weighted by Crippen LogP contribution is -2.11. The molecule has 4 N–H and O–H groups in total. The standard InChI is InChI=1S/C10H9N3O2/c11-9(14)3-1-2-7-4-8(10(12)15)6-13-5-7/h4-6H,3H2,(H2,11,14)(H2,12,15). The van der Waals surface area contributed by atoms with Crippen LogP contribution in [-0.4, -0.2) is 16.8 Å². The zero-order chi connectivity index (χ0) is 11.3. The Hall–Kier alpha value is -2.35. The average molecular weight is 203 g/mol. The van der Waals surface area contributed by atoms with E-state index >= 15 is 0 Å². The fourth-order valence-corrected chi connectivity index (χ4v) is 0.876. The first kappa shape index (κ1) is 10.7. The van der Waals surface area contributed by atoms with Gasteiger partial charge in [0.05, 0.1) is 12.0 Å². The highest BCUT2D eigenvalue weighted by molar-refractivity contribution is 5.92. The third-order valence-electron chi connectivity index (χ3n) is 1.52. The van der Waals surface area contributed by atoms with Gasteiger partial charge in [0.15, 0.2) is 0 Å². The number of primary amides is 2. The van der Waals surface area contributed by atoms with Crippen molar-refractivity contribution in [1.82, 2.24) is 4.98 Å². The van der Waals surface area contributed by atoms with Crippen molar-refractivity contribution >= 4 is 11.8 Å². The summed E-state index contributed by atoms with van der Waals surface area (Å²) in [5.41, 5.74) is 10.8. The normalized spacial score (nSPS) is 8.80. The Morgan fingerprint density at radius 3 is 2.67 bits per heavy atom. The van der Waals surface area contributed by atoms with Gasteiger partial charge >= 0.3 is 0 Å². The van der Waals surface area contributed by atoms with Crippen LogP contribution in [0.5, 0.6) is 0 Å². The van der Waals surface area contributed by atoms with Crippen LogP contribution in [0.25, 0.3) is 0 Å². The Kier molecular flexibility index (Phi) is 3.41. The van der Waals surface area contributed by atoms with Gasteiger partial charge < -0.3 is 11.5 Å². The maximum Gasteiger partial charge on any atom is 0.250 e. The molecule has 0 aliphatic carbocycles. The van der Waals surface area contributed by atoms with Crippen LogP contribution >= 0.6 is 0 Å². The summed E-state index contributed by atoms with van der Waals surface area (Å²) in [5.74, 6) is 4.13. The largest absolute Gasteiger partial charge is 0.369 e. The highest BCUT2D eigenvalue weighted by Gasteiger charge is 1.99. The molecule has 1 heterocycles. The van der Waals surface area contributed by atoms with E-state index in [9.17, 15) is 9.59 Å². The van der Waals surface area contributed by atoms with Gasteiger partial charge in [0.2, 0.25) is 11.8 Å². The lowest BCUT2D eigenvalue weighted by atomic mass is 10.2. The van der Waals surface area contributed by atoms with Crippen LogP contribution in [0.15, 0.2) is 18.5 Å². The fraction of sp³-hybridized carbons (Fsp3) is 0.100. The van der Waals surface area contributed by atoms with Gasteiger partial charge in [0, 0.05) is 18.0 Å². The summed E-state index contributed by atoms with van der Waals surface area (Å²) >= 11 is 0. The molecule has 0 saturated carbocycles. The number of pyridine rings is 1. The van der Waals surface area contributed by atoms with Crippen molar-refractivity contribution in [2.75, 3.05) is 0 Å². The van der Waals surface area contributed by atoms with Gasteiger partial charge in [0.1, 0.15) is 0 Å². The molecule has 0 aliphatic rings. The molecule has 0 aliphatic heterocycles. The number of carbonyl (C=O) groups excluding carboxylic acids is 2. The molecule has 0 saturated heterocycles. The van der Waals surface area contributed by atoms with Gasteiger partial charge in [-0.3, -0.25) is 14.6 Å². The first-order valence-electron chi connectivity index (χ1n) is 4.11. The predicted octanol–water partition coefficient (Wildman–Crippen LogP) is -0.593. The Balaban J connectivity index is 2.85. The summed E-state index contributed by atoms with van der Waals surface area (Å²) < 4.78 is 0. The van der Waals surface area contributed by atoms with Gasteiger partial charge in [0.25, 0.3) is 0 Å². The molecule has 0 atom stereocenters. The summed E-state index contributed by atoms with van der Waals surface area (Å²) in [6.45, 7) is 0. The molecule has 76 valence electrons. The maximum atomic E-state index is 10.8. The molecule has 0 unspecified atom stereocenters. The number of hydrogen-bond donors (Lipinski definition) is 2. The van der Waals surface area contributed by atoms with Crippen molar-refractivity contribution in [3.63, 3.8) is 0 Å². The maximum absolute atomic E-state index is 10.8. The van der Waals surface area contributed by atoms with Gasteiger partial charge in [-0.2, -0.15) is 0 Å². The number of nitrogens with zero attached hydrogens (tertiary/aromatic N) is 1. The Morgan fingerprint density at radius 1 is 1.33 bits per heavy atom. The molecule has 5 nitrogen and oxygen atoms in total. The van der Waals surface area contributed by atoms with Crippen LogP contribution in [-0.2, 0) is 4.79 Å². The second-order valence-electron chi connectivity index (χ2n) is 2.77.